The van der Waals surface area contributed by atoms with E-state index in [9.17, 15) is 0 Å². The van der Waals surface area contributed by atoms with Crippen LogP contribution in [0.25, 0.3) is 11.5 Å². The molecular formula is C19H25N7O3. The number of ether oxygens (including phenoxy) is 1. The molecule has 3 aromatic rings. The minimum Gasteiger partial charge on any atom is -0.374 e. The second-order valence-electron chi connectivity index (χ2n) is 7.09. The Hall–Kier alpha value is -2.85. The molecule has 0 amide bonds. The number of nitrogens with zero attached hydrogens (tertiary/aromatic N) is 7. The molecule has 1 atom stereocenters. The quantitative estimate of drug-likeness (QED) is 0.612. The first-order valence-electron chi connectivity index (χ1n) is 9.71. The van der Waals surface area contributed by atoms with Crippen molar-refractivity contribution >= 4 is 5.82 Å². The SMILES string of the molecule is COC(C)c1noc(CN2CCCN(c3cc(-c4nc(C)no4)ccn3)CC2)n1. The molecule has 3 aromatic heterocycles. The minimum atomic E-state index is -0.173. The molecule has 0 aliphatic carbocycles. The van der Waals surface area contributed by atoms with Gasteiger partial charge in [-0.25, -0.2) is 4.98 Å². The van der Waals surface area contributed by atoms with Crippen LogP contribution in [0.4, 0.5) is 5.82 Å². The predicted molar refractivity (Wildman–Crippen MR) is 104 cm³/mol. The van der Waals surface area contributed by atoms with Gasteiger partial charge in [0.15, 0.2) is 11.6 Å². The summed E-state index contributed by atoms with van der Waals surface area (Å²) in [5.41, 5.74) is 0.877. The molecule has 4 heterocycles. The van der Waals surface area contributed by atoms with Crippen molar-refractivity contribution in [1.29, 1.82) is 0 Å². The number of aromatic nitrogens is 5. The zero-order valence-electron chi connectivity index (χ0n) is 16.9. The lowest BCUT2D eigenvalue weighted by molar-refractivity contribution is 0.109. The van der Waals surface area contributed by atoms with E-state index in [0.717, 1.165) is 44.0 Å². The molecular weight excluding hydrogens is 374 g/mol. The van der Waals surface area contributed by atoms with Crippen molar-refractivity contribution in [2.45, 2.75) is 32.9 Å². The third-order valence-corrected chi connectivity index (χ3v) is 4.99. The van der Waals surface area contributed by atoms with E-state index in [2.05, 4.69) is 35.1 Å². The third-order valence-electron chi connectivity index (χ3n) is 4.99. The lowest BCUT2D eigenvalue weighted by Gasteiger charge is -2.22. The van der Waals surface area contributed by atoms with E-state index in [1.54, 1.807) is 20.2 Å². The van der Waals surface area contributed by atoms with Crippen LogP contribution in [-0.2, 0) is 11.3 Å². The molecule has 1 fully saturated rings. The van der Waals surface area contributed by atoms with E-state index in [4.69, 9.17) is 13.8 Å². The van der Waals surface area contributed by atoms with E-state index in [0.29, 0.717) is 30.0 Å². The number of anilines is 1. The number of hydrogen-bond acceptors (Lipinski definition) is 10. The maximum absolute atomic E-state index is 5.38. The zero-order valence-corrected chi connectivity index (χ0v) is 16.9. The van der Waals surface area contributed by atoms with Gasteiger partial charge in [0.1, 0.15) is 11.9 Å². The molecule has 1 unspecified atom stereocenters. The summed E-state index contributed by atoms with van der Waals surface area (Å²) in [7, 11) is 1.63. The van der Waals surface area contributed by atoms with E-state index >= 15 is 0 Å². The highest BCUT2D eigenvalue weighted by atomic mass is 16.5. The first kappa shape index (κ1) is 19.5. The van der Waals surface area contributed by atoms with Crippen LogP contribution in [0.5, 0.6) is 0 Å². The average molecular weight is 399 g/mol. The van der Waals surface area contributed by atoms with E-state index in [-0.39, 0.29) is 6.10 Å². The van der Waals surface area contributed by atoms with Crippen molar-refractivity contribution in [3.63, 3.8) is 0 Å². The Balaban J connectivity index is 1.39. The van der Waals surface area contributed by atoms with Crippen LogP contribution in [0.2, 0.25) is 0 Å². The van der Waals surface area contributed by atoms with Gasteiger partial charge in [0.2, 0.25) is 5.89 Å². The Bertz CT molecular complexity index is 941. The molecule has 1 aliphatic rings. The van der Waals surface area contributed by atoms with Gasteiger partial charge in [-0.3, -0.25) is 4.90 Å². The Morgan fingerprint density at radius 1 is 1.14 bits per heavy atom. The molecule has 0 aromatic carbocycles. The van der Waals surface area contributed by atoms with Gasteiger partial charge in [0.25, 0.3) is 5.89 Å². The highest BCUT2D eigenvalue weighted by Crippen LogP contribution is 2.22. The lowest BCUT2D eigenvalue weighted by atomic mass is 10.2. The van der Waals surface area contributed by atoms with Crippen molar-refractivity contribution in [2.24, 2.45) is 0 Å². The van der Waals surface area contributed by atoms with Gasteiger partial charge >= 0.3 is 0 Å². The largest absolute Gasteiger partial charge is 0.374 e. The molecule has 29 heavy (non-hydrogen) atoms. The molecule has 154 valence electrons. The van der Waals surface area contributed by atoms with Gasteiger partial charge in [-0.2, -0.15) is 9.97 Å². The first-order valence-corrected chi connectivity index (χ1v) is 9.71. The normalized spacial score (nSPS) is 16.7. The first-order chi connectivity index (χ1) is 14.1. The fraction of sp³-hybridized carbons (Fsp3) is 0.526. The molecule has 0 radical (unpaired) electrons. The van der Waals surface area contributed by atoms with Gasteiger partial charge in [-0.15, -0.1) is 0 Å². The molecule has 10 nitrogen and oxygen atoms in total. The zero-order chi connectivity index (χ0) is 20.2. The van der Waals surface area contributed by atoms with Gasteiger partial charge in [0, 0.05) is 45.0 Å². The summed E-state index contributed by atoms with van der Waals surface area (Å²) in [5.74, 6) is 3.24. The number of methoxy groups -OCH3 is 1. The Labute approximate surface area is 168 Å². The fourth-order valence-electron chi connectivity index (χ4n) is 3.29. The number of pyridine rings is 1. The third kappa shape index (κ3) is 4.60. The molecule has 0 bridgehead atoms. The van der Waals surface area contributed by atoms with Crippen LogP contribution in [0.15, 0.2) is 27.4 Å². The van der Waals surface area contributed by atoms with Crippen molar-refractivity contribution < 1.29 is 13.8 Å². The smallest absolute Gasteiger partial charge is 0.258 e. The van der Waals surface area contributed by atoms with Crippen LogP contribution >= 0.6 is 0 Å². The van der Waals surface area contributed by atoms with Gasteiger partial charge in [-0.05, 0) is 32.4 Å². The highest BCUT2D eigenvalue weighted by molar-refractivity contribution is 5.58. The Morgan fingerprint density at radius 3 is 2.83 bits per heavy atom. The lowest BCUT2D eigenvalue weighted by Crippen LogP contribution is -2.31. The molecule has 0 N–H and O–H groups in total. The molecule has 0 spiro atoms. The standard InChI is InChI=1S/C19H25N7O3/c1-13(27-3)18-22-17(28-24-18)12-25-7-4-8-26(10-9-25)16-11-15(5-6-20-16)19-21-14(2)23-29-19/h5-6,11,13H,4,7-10,12H2,1-3H3. The Morgan fingerprint density at radius 2 is 2.03 bits per heavy atom. The maximum atomic E-state index is 5.38. The molecule has 10 heteroatoms. The number of rotatable bonds is 6. The van der Waals surface area contributed by atoms with Crippen LogP contribution in [0.3, 0.4) is 0 Å². The summed E-state index contributed by atoms with van der Waals surface area (Å²) in [6.07, 6.45) is 2.62. The topological polar surface area (TPSA) is 106 Å². The summed E-state index contributed by atoms with van der Waals surface area (Å²) < 4.78 is 15.9. The maximum Gasteiger partial charge on any atom is 0.258 e. The highest BCUT2D eigenvalue weighted by Gasteiger charge is 2.20. The van der Waals surface area contributed by atoms with Crippen molar-refractivity contribution in [3.05, 3.63) is 35.9 Å². The van der Waals surface area contributed by atoms with Gasteiger partial charge in [-0.1, -0.05) is 10.3 Å². The second-order valence-corrected chi connectivity index (χ2v) is 7.09. The van der Waals surface area contributed by atoms with Crippen molar-refractivity contribution in [3.8, 4) is 11.5 Å². The minimum absolute atomic E-state index is 0.173. The summed E-state index contributed by atoms with van der Waals surface area (Å²) in [4.78, 5) is 17.9. The van der Waals surface area contributed by atoms with Crippen LogP contribution in [-0.4, -0.2) is 63.5 Å². The number of aryl methyl sites for hydroxylation is 1. The molecule has 0 saturated carbocycles. The van der Waals surface area contributed by atoms with Crippen LogP contribution in [0.1, 0.15) is 37.0 Å². The van der Waals surface area contributed by atoms with E-state index < -0.39 is 0 Å². The van der Waals surface area contributed by atoms with E-state index in [1.807, 2.05) is 19.1 Å². The Kier molecular flexibility index (Phi) is 5.81. The predicted octanol–water partition coefficient (Wildman–Crippen LogP) is 2.24. The summed E-state index contributed by atoms with van der Waals surface area (Å²) in [6, 6.07) is 3.88. The number of hydrogen-bond donors (Lipinski definition) is 0. The van der Waals surface area contributed by atoms with Gasteiger partial charge < -0.3 is 18.7 Å². The summed E-state index contributed by atoms with van der Waals surface area (Å²) in [6.45, 7) is 7.95. The monoisotopic (exact) mass is 399 g/mol. The summed E-state index contributed by atoms with van der Waals surface area (Å²) >= 11 is 0. The van der Waals surface area contributed by atoms with Gasteiger partial charge in [0.05, 0.1) is 6.54 Å². The van der Waals surface area contributed by atoms with E-state index in [1.165, 1.54) is 0 Å². The second kappa shape index (κ2) is 8.66. The fourth-order valence-corrected chi connectivity index (χ4v) is 3.29. The van der Waals surface area contributed by atoms with Crippen LogP contribution in [0, 0.1) is 6.92 Å². The molecule has 1 saturated heterocycles. The van der Waals surface area contributed by atoms with Crippen molar-refractivity contribution in [2.75, 3.05) is 38.2 Å². The average Bonchev–Trinajstić information content (AvgIpc) is 3.32. The van der Waals surface area contributed by atoms with Crippen LogP contribution < -0.4 is 4.90 Å². The summed E-state index contributed by atoms with van der Waals surface area (Å²) in [5, 5.41) is 7.86. The molecule has 4 rings (SSSR count). The molecule has 1 aliphatic heterocycles. The van der Waals surface area contributed by atoms with Crippen molar-refractivity contribution in [1.82, 2.24) is 30.2 Å².